The summed E-state index contributed by atoms with van der Waals surface area (Å²) in [7, 11) is 3.98. The standard InChI is InChI=1S/C11H15ClN2O/c1-14(2)10-5-3-9(4-6-10)8-13-11(15)7-12/h3-6H,7-8H2,1-2H3,(H,13,15). The van der Waals surface area contributed by atoms with E-state index in [-0.39, 0.29) is 11.8 Å². The normalized spacial score (nSPS) is 9.80. The molecule has 0 aliphatic carbocycles. The van der Waals surface area contributed by atoms with E-state index in [1.54, 1.807) is 0 Å². The molecule has 0 heterocycles. The van der Waals surface area contributed by atoms with Gasteiger partial charge in [0.05, 0.1) is 0 Å². The van der Waals surface area contributed by atoms with Gasteiger partial charge in [0.25, 0.3) is 0 Å². The maximum Gasteiger partial charge on any atom is 0.235 e. The molecule has 0 bridgehead atoms. The second kappa shape index (κ2) is 5.61. The molecule has 0 saturated heterocycles. The van der Waals surface area contributed by atoms with E-state index in [4.69, 9.17) is 11.6 Å². The van der Waals surface area contributed by atoms with Gasteiger partial charge in [-0.1, -0.05) is 12.1 Å². The first-order chi connectivity index (χ1) is 7.13. The number of hydrogen-bond acceptors (Lipinski definition) is 2. The van der Waals surface area contributed by atoms with Gasteiger partial charge in [-0.25, -0.2) is 0 Å². The first kappa shape index (κ1) is 11.9. The van der Waals surface area contributed by atoms with Crippen LogP contribution in [-0.2, 0) is 11.3 Å². The van der Waals surface area contributed by atoms with Crippen LogP contribution in [0.1, 0.15) is 5.56 Å². The average Bonchev–Trinajstić information content (AvgIpc) is 2.26. The number of amides is 1. The van der Waals surface area contributed by atoms with Crippen LogP contribution in [0.3, 0.4) is 0 Å². The van der Waals surface area contributed by atoms with E-state index >= 15 is 0 Å². The summed E-state index contributed by atoms with van der Waals surface area (Å²) in [6.07, 6.45) is 0. The van der Waals surface area contributed by atoms with Crippen molar-refractivity contribution in [1.29, 1.82) is 0 Å². The molecule has 0 radical (unpaired) electrons. The van der Waals surface area contributed by atoms with Gasteiger partial charge in [0.1, 0.15) is 5.88 Å². The molecule has 0 saturated carbocycles. The van der Waals surface area contributed by atoms with Gasteiger partial charge in [-0.3, -0.25) is 4.79 Å². The Hall–Kier alpha value is -1.22. The van der Waals surface area contributed by atoms with E-state index in [1.165, 1.54) is 0 Å². The third kappa shape index (κ3) is 3.80. The zero-order valence-corrected chi connectivity index (χ0v) is 9.71. The van der Waals surface area contributed by atoms with Gasteiger partial charge in [0, 0.05) is 26.3 Å². The summed E-state index contributed by atoms with van der Waals surface area (Å²) < 4.78 is 0. The largest absolute Gasteiger partial charge is 0.378 e. The Labute approximate surface area is 95.0 Å². The highest BCUT2D eigenvalue weighted by Crippen LogP contribution is 2.11. The summed E-state index contributed by atoms with van der Waals surface area (Å²) >= 11 is 5.37. The molecule has 82 valence electrons. The SMILES string of the molecule is CN(C)c1ccc(CNC(=O)CCl)cc1. The lowest BCUT2D eigenvalue weighted by Gasteiger charge is -2.12. The van der Waals surface area contributed by atoms with Gasteiger partial charge >= 0.3 is 0 Å². The minimum atomic E-state index is -0.145. The number of hydrogen-bond donors (Lipinski definition) is 1. The highest BCUT2D eigenvalue weighted by molar-refractivity contribution is 6.27. The maximum atomic E-state index is 10.9. The monoisotopic (exact) mass is 226 g/mol. The Morgan fingerprint density at radius 2 is 1.93 bits per heavy atom. The van der Waals surface area contributed by atoms with Gasteiger partial charge in [-0.15, -0.1) is 11.6 Å². The third-order valence-electron chi connectivity index (χ3n) is 2.06. The van der Waals surface area contributed by atoms with Crippen LogP contribution in [-0.4, -0.2) is 25.9 Å². The molecule has 1 N–H and O–H groups in total. The van der Waals surface area contributed by atoms with Crippen molar-refractivity contribution >= 4 is 23.2 Å². The first-order valence-corrected chi connectivity index (χ1v) is 5.26. The van der Waals surface area contributed by atoms with Crippen LogP contribution in [0.5, 0.6) is 0 Å². The molecule has 1 amide bonds. The molecular formula is C11H15ClN2O. The van der Waals surface area contributed by atoms with E-state index < -0.39 is 0 Å². The van der Waals surface area contributed by atoms with Crippen molar-refractivity contribution < 1.29 is 4.79 Å². The molecule has 0 unspecified atom stereocenters. The van der Waals surface area contributed by atoms with Crippen LogP contribution in [0.2, 0.25) is 0 Å². The van der Waals surface area contributed by atoms with E-state index in [2.05, 4.69) is 5.32 Å². The Bertz CT molecular complexity index is 322. The van der Waals surface area contributed by atoms with Crippen LogP contribution >= 0.6 is 11.6 Å². The molecule has 0 aromatic heterocycles. The molecule has 1 rings (SSSR count). The number of benzene rings is 1. The average molecular weight is 227 g/mol. The zero-order chi connectivity index (χ0) is 11.3. The Kier molecular flexibility index (Phi) is 4.43. The van der Waals surface area contributed by atoms with Crippen LogP contribution in [0.15, 0.2) is 24.3 Å². The predicted molar refractivity (Wildman–Crippen MR) is 63.3 cm³/mol. The zero-order valence-electron chi connectivity index (χ0n) is 8.96. The minimum absolute atomic E-state index is 0.00970. The fourth-order valence-electron chi connectivity index (χ4n) is 1.16. The lowest BCUT2D eigenvalue weighted by molar-refractivity contribution is -0.118. The Morgan fingerprint density at radius 1 is 1.33 bits per heavy atom. The lowest BCUT2D eigenvalue weighted by atomic mass is 10.2. The van der Waals surface area contributed by atoms with Crippen molar-refractivity contribution in [3.05, 3.63) is 29.8 Å². The summed E-state index contributed by atoms with van der Waals surface area (Å²) in [5.41, 5.74) is 2.21. The first-order valence-electron chi connectivity index (χ1n) is 4.72. The molecule has 0 aliphatic rings. The number of carbonyl (C=O) groups excluding carboxylic acids is 1. The molecular weight excluding hydrogens is 212 g/mol. The number of alkyl halides is 1. The van der Waals surface area contributed by atoms with Gasteiger partial charge in [0.2, 0.25) is 5.91 Å². The lowest BCUT2D eigenvalue weighted by Crippen LogP contribution is -2.23. The number of rotatable bonds is 4. The molecule has 0 spiro atoms. The summed E-state index contributed by atoms with van der Waals surface area (Å²) in [6, 6.07) is 8.01. The van der Waals surface area contributed by atoms with Crippen LogP contribution in [0, 0.1) is 0 Å². The molecule has 0 aliphatic heterocycles. The van der Waals surface area contributed by atoms with Gasteiger partial charge in [-0.2, -0.15) is 0 Å². The predicted octanol–water partition coefficient (Wildman–Crippen LogP) is 1.61. The molecule has 1 aromatic carbocycles. The van der Waals surface area contributed by atoms with Crippen molar-refractivity contribution in [2.45, 2.75) is 6.54 Å². The number of nitrogens with zero attached hydrogens (tertiary/aromatic N) is 1. The van der Waals surface area contributed by atoms with Crippen molar-refractivity contribution in [2.75, 3.05) is 24.9 Å². The fraction of sp³-hybridized carbons (Fsp3) is 0.364. The summed E-state index contributed by atoms with van der Waals surface area (Å²) in [6.45, 7) is 0.527. The van der Waals surface area contributed by atoms with Crippen LogP contribution in [0.4, 0.5) is 5.69 Å². The molecule has 15 heavy (non-hydrogen) atoms. The minimum Gasteiger partial charge on any atom is -0.378 e. The van der Waals surface area contributed by atoms with E-state index in [0.717, 1.165) is 11.3 Å². The summed E-state index contributed by atoms with van der Waals surface area (Å²) in [4.78, 5) is 12.9. The molecule has 3 nitrogen and oxygen atoms in total. The van der Waals surface area contributed by atoms with E-state index in [0.29, 0.717) is 6.54 Å². The highest BCUT2D eigenvalue weighted by atomic mass is 35.5. The summed E-state index contributed by atoms with van der Waals surface area (Å²) in [5, 5.41) is 2.71. The van der Waals surface area contributed by atoms with Crippen molar-refractivity contribution in [3.63, 3.8) is 0 Å². The quantitative estimate of drug-likeness (QED) is 0.792. The van der Waals surface area contributed by atoms with Crippen LogP contribution < -0.4 is 10.2 Å². The van der Waals surface area contributed by atoms with Crippen LogP contribution in [0.25, 0.3) is 0 Å². The highest BCUT2D eigenvalue weighted by Gasteiger charge is 1.99. The molecule has 1 aromatic rings. The van der Waals surface area contributed by atoms with Gasteiger partial charge < -0.3 is 10.2 Å². The Balaban J connectivity index is 2.53. The second-order valence-corrected chi connectivity index (χ2v) is 3.74. The third-order valence-corrected chi connectivity index (χ3v) is 2.31. The van der Waals surface area contributed by atoms with Crippen molar-refractivity contribution in [3.8, 4) is 0 Å². The van der Waals surface area contributed by atoms with Crippen molar-refractivity contribution in [2.24, 2.45) is 0 Å². The fourth-order valence-corrected chi connectivity index (χ4v) is 1.25. The number of carbonyl (C=O) groups is 1. The molecule has 4 heteroatoms. The van der Waals surface area contributed by atoms with Gasteiger partial charge in [-0.05, 0) is 17.7 Å². The smallest absolute Gasteiger partial charge is 0.235 e. The van der Waals surface area contributed by atoms with E-state index in [9.17, 15) is 4.79 Å². The summed E-state index contributed by atoms with van der Waals surface area (Å²) in [5.74, 6) is -0.135. The molecule has 0 fully saturated rings. The second-order valence-electron chi connectivity index (χ2n) is 3.47. The number of nitrogens with one attached hydrogen (secondary N) is 1. The molecule has 0 atom stereocenters. The number of anilines is 1. The topological polar surface area (TPSA) is 32.3 Å². The number of halogens is 1. The van der Waals surface area contributed by atoms with Gasteiger partial charge in [0.15, 0.2) is 0 Å². The van der Waals surface area contributed by atoms with E-state index in [1.807, 2.05) is 43.3 Å². The maximum absolute atomic E-state index is 10.9. The van der Waals surface area contributed by atoms with Crippen molar-refractivity contribution in [1.82, 2.24) is 5.32 Å². The Morgan fingerprint density at radius 3 is 2.40 bits per heavy atom.